The molecule has 23 heavy (non-hydrogen) atoms. The number of amides is 1. The molecule has 0 heterocycles. The summed E-state index contributed by atoms with van der Waals surface area (Å²) in [6.45, 7) is 0. The van der Waals surface area contributed by atoms with Crippen molar-refractivity contribution in [2.24, 2.45) is 11.8 Å². The first-order valence-electron chi connectivity index (χ1n) is 8.20. The lowest BCUT2D eigenvalue weighted by molar-refractivity contribution is -0.141. The van der Waals surface area contributed by atoms with E-state index in [0.29, 0.717) is 19.3 Å². The maximum atomic E-state index is 12.5. The van der Waals surface area contributed by atoms with Crippen LogP contribution in [0.3, 0.4) is 0 Å². The fraction of sp³-hybridized carbons (Fsp3) is 0.368. The van der Waals surface area contributed by atoms with Crippen molar-refractivity contribution in [2.75, 3.05) is 5.32 Å². The smallest absolute Gasteiger partial charge is 0.306 e. The molecule has 0 aromatic heterocycles. The van der Waals surface area contributed by atoms with Crippen LogP contribution in [0.5, 0.6) is 0 Å². The van der Waals surface area contributed by atoms with Crippen LogP contribution in [0.2, 0.25) is 0 Å². The van der Waals surface area contributed by atoms with Crippen LogP contribution in [0.25, 0.3) is 10.8 Å². The second kappa shape index (κ2) is 5.37. The molecule has 2 aliphatic carbocycles. The summed E-state index contributed by atoms with van der Waals surface area (Å²) >= 11 is 0. The number of aliphatic carboxylic acids is 1. The van der Waals surface area contributed by atoms with Crippen LogP contribution >= 0.6 is 0 Å². The van der Waals surface area contributed by atoms with E-state index in [2.05, 4.69) is 23.5 Å². The van der Waals surface area contributed by atoms with Crippen LogP contribution in [-0.2, 0) is 22.4 Å². The lowest BCUT2D eigenvalue weighted by Gasteiger charge is -2.14. The number of rotatable bonds is 3. The molecule has 2 atom stereocenters. The standard InChI is InChI=1S/C19H19NO3/c21-18(13-6-7-14(10-13)19(22)23)20-16-9-8-12-5-4-11-2-1-3-15(16)17(11)12/h1-3,8-9,13-14H,4-7,10H2,(H,20,21)(H,22,23)/t13-,14+/m0/s1. The van der Waals surface area contributed by atoms with Crippen molar-refractivity contribution in [3.63, 3.8) is 0 Å². The molecule has 2 aliphatic rings. The van der Waals surface area contributed by atoms with Crippen LogP contribution in [0.4, 0.5) is 5.69 Å². The highest BCUT2D eigenvalue weighted by Crippen LogP contribution is 2.36. The summed E-state index contributed by atoms with van der Waals surface area (Å²) in [6, 6.07) is 10.3. The number of hydrogen-bond acceptors (Lipinski definition) is 2. The Labute approximate surface area is 134 Å². The van der Waals surface area contributed by atoms with E-state index in [1.165, 1.54) is 16.5 Å². The second-order valence-corrected chi connectivity index (χ2v) is 6.65. The van der Waals surface area contributed by atoms with E-state index < -0.39 is 5.97 Å². The first kappa shape index (κ1) is 14.2. The number of carbonyl (C=O) groups excluding carboxylic acids is 1. The van der Waals surface area contributed by atoms with Crippen molar-refractivity contribution < 1.29 is 14.7 Å². The summed E-state index contributed by atoms with van der Waals surface area (Å²) < 4.78 is 0. The third-order valence-corrected chi connectivity index (χ3v) is 5.29. The van der Waals surface area contributed by atoms with Gasteiger partial charge in [0.1, 0.15) is 0 Å². The fourth-order valence-electron chi connectivity index (χ4n) is 4.03. The van der Waals surface area contributed by atoms with Crippen molar-refractivity contribution >= 4 is 28.3 Å². The number of carboxylic acid groups (broad SMARTS) is 1. The Morgan fingerprint density at radius 1 is 1.00 bits per heavy atom. The molecule has 4 nitrogen and oxygen atoms in total. The Morgan fingerprint density at radius 3 is 2.48 bits per heavy atom. The van der Waals surface area contributed by atoms with Crippen molar-refractivity contribution in [1.82, 2.24) is 0 Å². The van der Waals surface area contributed by atoms with E-state index in [1.54, 1.807) is 0 Å². The molecule has 2 aromatic carbocycles. The normalized spacial score (nSPS) is 22.4. The van der Waals surface area contributed by atoms with Crippen LogP contribution in [-0.4, -0.2) is 17.0 Å². The summed E-state index contributed by atoms with van der Waals surface area (Å²) in [5, 5.41) is 14.5. The van der Waals surface area contributed by atoms with Gasteiger partial charge in [-0.2, -0.15) is 0 Å². The van der Waals surface area contributed by atoms with E-state index in [-0.39, 0.29) is 17.7 Å². The molecular formula is C19H19NO3. The predicted molar refractivity (Wildman–Crippen MR) is 88.5 cm³/mol. The molecule has 118 valence electrons. The van der Waals surface area contributed by atoms with Crippen LogP contribution in [0.1, 0.15) is 30.4 Å². The second-order valence-electron chi connectivity index (χ2n) is 6.65. The monoisotopic (exact) mass is 309 g/mol. The van der Waals surface area contributed by atoms with Crippen molar-refractivity contribution in [1.29, 1.82) is 0 Å². The van der Waals surface area contributed by atoms with Crippen molar-refractivity contribution in [3.8, 4) is 0 Å². The van der Waals surface area contributed by atoms with E-state index in [0.717, 1.165) is 23.9 Å². The first-order valence-corrected chi connectivity index (χ1v) is 8.20. The molecule has 0 bridgehead atoms. The summed E-state index contributed by atoms with van der Waals surface area (Å²) in [6.07, 6.45) is 3.82. The maximum Gasteiger partial charge on any atom is 0.306 e. The van der Waals surface area contributed by atoms with Crippen LogP contribution < -0.4 is 5.32 Å². The van der Waals surface area contributed by atoms with Gasteiger partial charge in [-0.05, 0) is 54.7 Å². The molecule has 0 saturated heterocycles. The Morgan fingerprint density at radius 2 is 1.74 bits per heavy atom. The van der Waals surface area contributed by atoms with Gasteiger partial charge < -0.3 is 10.4 Å². The number of aryl methyl sites for hydroxylation is 2. The van der Waals surface area contributed by atoms with E-state index in [4.69, 9.17) is 5.11 Å². The fourth-order valence-corrected chi connectivity index (χ4v) is 4.03. The van der Waals surface area contributed by atoms with E-state index in [9.17, 15) is 9.59 Å². The highest BCUT2D eigenvalue weighted by atomic mass is 16.4. The summed E-state index contributed by atoms with van der Waals surface area (Å²) in [7, 11) is 0. The van der Waals surface area contributed by atoms with Gasteiger partial charge >= 0.3 is 5.97 Å². The SMILES string of the molecule is O=C(O)[C@@H]1CC[C@H](C(=O)Nc2ccc3c4c(cccc24)CC3)C1. The summed E-state index contributed by atoms with van der Waals surface area (Å²) in [4.78, 5) is 23.6. The van der Waals surface area contributed by atoms with Gasteiger partial charge in [0, 0.05) is 17.0 Å². The molecule has 0 aliphatic heterocycles. The zero-order valence-electron chi connectivity index (χ0n) is 12.8. The number of carboxylic acids is 1. The van der Waals surface area contributed by atoms with Gasteiger partial charge in [0.15, 0.2) is 0 Å². The van der Waals surface area contributed by atoms with E-state index in [1.807, 2.05) is 12.1 Å². The molecule has 2 aromatic rings. The van der Waals surface area contributed by atoms with Gasteiger partial charge in [-0.3, -0.25) is 9.59 Å². The highest BCUT2D eigenvalue weighted by molar-refractivity contribution is 6.05. The molecule has 0 spiro atoms. The van der Waals surface area contributed by atoms with Crippen molar-refractivity contribution in [2.45, 2.75) is 32.1 Å². The van der Waals surface area contributed by atoms with Crippen LogP contribution in [0.15, 0.2) is 30.3 Å². The topological polar surface area (TPSA) is 66.4 Å². The lowest BCUT2D eigenvalue weighted by atomic mass is 10.0. The lowest BCUT2D eigenvalue weighted by Crippen LogP contribution is -2.21. The molecule has 1 amide bonds. The zero-order valence-corrected chi connectivity index (χ0v) is 12.8. The third-order valence-electron chi connectivity index (χ3n) is 5.29. The van der Waals surface area contributed by atoms with Gasteiger partial charge in [0.05, 0.1) is 5.92 Å². The Hall–Kier alpha value is -2.36. The van der Waals surface area contributed by atoms with Gasteiger partial charge in [-0.25, -0.2) is 0 Å². The molecule has 0 unspecified atom stereocenters. The van der Waals surface area contributed by atoms with Gasteiger partial charge in [0.25, 0.3) is 0 Å². The quantitative estimate of drug-likeness (QED) is 0.913. The average Bonchev–Trinajstić information content (AvgIpc) is 3.18. The zero-order chi connectivity index (χ0) is 16.0. The number of anilines is 1. The minimum Gasteiger partial charge on any atom is -0.481 e. The first-order chi connectivity index (χ1) is 11.1. The third kappa shape index (κ3) is 2.38. The molecule has 1 fully saturated rings. The van der Waals surface area contributed by atoms with Gasteiger partial charge in [0.2, 0.25) is 5.91 Å². The Kier molecular flexibility index (Phi) is 3.33. The summed E-state index contributed by atoms with van der Waals surface area (Å²) in [5.41, 5.74) is 3.54. The number of carbonyl (C=O) groups is 2. The molecule has 4 rings (SSSR count). The molecular weight excluding hydrogens is 290 g/mol. The highest BCUT2D eigenvalue weighted by Gasteiger charge is 2.34. The minimum absolute atomic E-state index is 0.0487. The van der Waals surface area contributed by atoms with E-state index >= 15 is 0 Å². The number of benzene rings is 2. The number of nitrogens with one attached hydrogen (secondary N) is 1. The van der Waals surface area contributed by atoms with Crippen molar-refractivity contribution in [3.05, 3.63) is 41.5 Å². The van der Waals surface area contributed by atoms with Crippen LogP contribution in [0, 0.1) is 11.8 Å². The Bertz CT molecular complexity index is 801. The predicted octanol–water partition coefficient (Wildman–Crippen LogP) is 3.38. The molecule has 2 N–H and O–H groups in total. The maximum absolute atomic E-state index is 12.5. The molecule has 4 heteroatoms. The number of hydrogen-bond donors (Lipinski definition) is 2. The van der Waals surface area contributed by atoms with Gasteiger partial charge in [-0.1, -0.05) is 24.3 Å². The Balaban J connectivity index is 1.59. The molecule has 1 saturated carbocycles. The summed E-state index contributed by atoms with van der Waals surface area (Å²) in [5.74, 6) is -1.41. The minimum atomic E-state index is -0.786. The van der Waals surface area contributed by atoms with Gasteiger partial charge in [-0.15, -0.1) is 0 Å². The largest absolute Gasteiger partial charge is 0.481 e. The molecule has 0 radical (unpaired) electrons. The average molecular weight is 309 g/mol.